The van der Waals surface area contributed by atoms with Gasteiger partial charge in [0.25, 0.3) is 0 Å². The van der Waals surface area contributed by atoms with Crippen LogP contribution in [0.4, 0.5) is 0 Å². The van der Waals surface area contributed by atoms with Crippen LogP contribution >= 0.6 is 0 Å². The topological polar surface area (TPSA) is 61.3 Å². The third-order valence-corrected chi connectivity index (χ3v) is 2.45. The monoisotopic (exact) mass is 258 g/mol. The molecule has 0 radical (unpaired) electrons. The number of para-hydroxylation sites is 1. The summed E-state index contributed by atoms with van der Waals surface area (Å²) in [4.78, 5) is 20.0. The number of hydrogen-bond acceptors (Lipinski definition) is 5. The van der Waals surface area contributed by atoms with Gasteiger partial charge in [-0.25, -0.2) is 9.78 Å². The minimum absolute atomic E-state index is 0.360. The largest absolute Gasteiger partial charge is 0.465 e. The molecule has 0 spiro atoms. The van der Waals surface area contributed by atoms with E-state index in [0.29, 0.717) is 23.0 Å². The molecular weight excluding hydrogens is 244 g/mol. The lowest BCUT2D eigenvalue weighted by Crippen LogP contribution is -2.04. The molecule has 0 unspecified atom stereocenters. The smallest absolute Gasteiger partial charge is 0.341 e. The van der Waals surface area contributed by atoms with Crippen LogP contribution in [0, 0.1) is 13.8 Å². The number of benzene rings is 1. The first-order valence-corrected chi connectivity index (χ1v) is 5.77. The average molecular weight is 258 g/mol. The molecule has 0 N–H and O–H groups in total. The number of rotatable bonds is 3. The van der Waals surface area contributed by atoms with Crippen LogP contribution in [0.2, 0.25) is 0 Å². The van der Waals surface area contributed by atoms with Crippen LogP contribution < -0.4 is 4.74 Å². The highest BCUT2D eigenvalue weighted by molar-refractivity contribution is 5.92. The zero-order valence-corrected chi connectivity index (χ0v) is 11.0. The van der Waals surface area contributed by atoms with Crippen molar-refractivity contribution in [2.24, 2.45) is 0 Å². The van der Waals surface area contributed by atoms with Crippen molar-refractivity contribution in [3.8, 4) is 11.6 Å². The lowest BCUT2D eigenvalue weighted by molar-refractivity contribution is 0.0598. The Morgan fingerprint density at radius 2 is 1.89 bits per heavy atom. The molecule has 0 atom stereocenters. The molecule has 0 aliphatic carbocycles. The van der Waals surface area contributed by atoms with Crippen molar-refractivity contribution >= 4 is 5.97 Å². The summed E-state index contributed by atoms with van der Waals surface area (Å²) in [5, 5.41) is 0. The van der Waals surface area contributed by atoms with Gasteiger partial charge in [0, 0.05) is 11.8 Å². The highest BCUT2D eigenvalue weighted by Crippen LogP contribution is 2.24. The lowest BCUT2D eigenvalue weighted by Gasteiger charge is -2.09. The first-order valence-electron chi connectivity index (χ1n) is 5.77. The Kier molecular flexibility index (Phi) is 3.75. The molecule has 1 heterocycles. The molecule has 1 aromatic heterocycles. The molecule has 98 valence electrons. The van der Waals surface area contributed by atoms with Crippen LogP contribution in [0.15, 0.2) is 30.3 Å². The van der Waals surface area contributed by atoms with E-state index in [9.17, 15) is 4.79 Å². The van der Waals surface area contributed by atoms with Crippen LogP contribution in [0.1, 0.15) is 21.9 Å². The number of esters is 1. The van der Waals surface area contributed by atoms with Crippen LogP contribution in [0.5, 0.6) is 11.6 Å². The quantitative estimate of drug-likeness (QED) is 0.792. The molecule has 2 aromatic rings. The average Bonchev–Trinajstić information content (AvgIpc) is 2.37. The van der Waals surface area contributed by atoms with Gasteiger partial charge in [-0.05, 0) is 26.0 Å². The van der Waals surface area contributed by atoms with Gasteiger partial charge >= 0.3 is 5.97 Å². The Morgan fingerprint density at radius 3 is 2.58 bits per heavy atom. The van der Waals surface area contributed by atoms with Gasteiger partial charge < -0.3 is 9.47 Å². The van der Waals surface area contributed by atoms with Crippen LogP contribution in [0.3, 0.4) is 0 Å². The minimum atomic E-state index is -0.446. The summed E-state index contributed by atoms with van der Waals surface area (Å²) < 4.78 is 10.4. The first kappa shape index (κ1) is 13.0. The van der Waals surface area contributed by atoms with E-state index in [2.05, 4.69) is 9.97 Å². The number of methoxy groups -OCH3 is 1. The fourth-order valence-electron chi connectivity index (χ4n) is 1.68. The maximum atomic E-state index is 11.6. The van der Waals surface area contributed by atoms with E-state index < -0.39 is 5.97 Å². The molecule has 0 bridgehead atoms. The number of hydrogen-bond donors (Lipinski definition) is 0. The fourth-order valence-corrected chi connectivity index (χ4v) is 1.68. The molecule has 5 nitrogen and oxygen atoms in total. The van der Waals surface area contributed by atoms with Gasteiger partial charge in [-0.2, -0.15) is 4.98 Å². The van der Waals surface area contributed by atoms with E-state index >= 15 is 0 Å². The number of aryl methyl sites for hydroxylation is 2. The summed E-state index contributed by atoms with van der Waals surface area (Å²) in [5.74, 6) is 0.983. The number of ether oxygens (including phenoxy) is 2. The summed E-state index contributed by atoms with van der Waals surface area (Å²) >= 11 is 0. The second-order valence-corrected chi connectivity index (χ2v) is 3.98. The molecule has 2 rings (SSSR count). The first-order chi connectivity index (χ1) is 9.10. The summed E-state index contributed by atoms with van der Waals surface area (Å²) in [6.45, 7) is 3.64. The molecule has 0 aliphatic heterocycles. The van der Waals surface area contributed by atoms with Gasteiger partial charge in [0.2, 0.25) is 5.88 Å². The van der Waals surface area contributed by atoms with Gasteiger partial charge in [-0.1, -0.05) is 12.1 Å². The Bertz CT molecular complexity index is 591. The molecule has 1 aromatic carbocycles. The Labute approximate surface area is 111 Å². The van der Waals surface area contributed by atoms with Crippen molar-refractivity contribution in [3.05, 3.63) is 47.4 Å². The molecule has 0 amide bonds. The Balaban J connectivity index is 2.35. The Hall–Kier alpha value is -2.43. The predicted molar refractivity (Wildman–Crippen MR) is 69.4 cm³/mol. The number of nitrogens with zero attached hydrogens (tertiary/aromatic N) is 2. The predicted octanol–water partition coefficient (Wildman–Crippen LogP) is 2.67. The van der Waals surface area contributed by atoms with Gasteiger partial charge in [0.1, 0.15) is 17.1 Å². The normalized spacial score (nSPS) is 10.1. The molecule has 0 fully saturated rings. The number of carbonyl (C=O) groups excluding carboxylic acids is 1. The van der Waals surface area contributed by atoms with Crippen molar-refractivity contribution in [2.75, 3.05) is 7.11 Å². The van der Waals surface area contributed by atoms with Crippen LogP contribution in [-0.2, 0) is 4.74 Å². The molecule has 0 saturated carbocycles. The van der Waals surface area contributed by atoms with Crippen molar-refractivity contribution < 1.29 is 14.3 Å². The summed E-state index contributed by atoms with van der Waals surface area (Å²) in [5.41, 5.74) is 1.16. The highest BCUT2D eigenvalue weighted by atomic mass is 16.5. The van der Waals surface area contributed by atoms with Crippen molar-refractivity contribution in [1.82, 2.24) is 9.97 Å². The van der Waals surface area contributed by atoms with E-state index in [1.54, 1.807) is 37.3 Å². The second-order valence-electron chi connectivity index (χ2n) is 3.98. The Morgan fingerprint density at radius 1 is 1.16 bits per heavy atom. The van der Waals surface area contributed by atoms with Gasteiger partial charge in [0.05, 0.1) is 7.11 Å². The third-order valence-electron chi connectivity index (χ3n) is 2.45. The van der Waals surface area contributed by atoms with E-state index in [1.165, 1.54) is 7.11 Å². The van der Waals surface area contributed by atoms with Crippen molar-refractivity contribution in [3.63, 3.8) is 0 Å². The highest BCUT2D eigenvalue weighted by Gasteiger charge is 2.13. The third kappa shape index (κ3) is 3.07. The maximum Gasteiger partial charge on any atom is 0.341 e. The summed E-state index contributed by atoms with van der Waals surface area (Å²) in [6.07, 6.45) is 0. The minimum Gasteiger partial charge on any atom is -0.465 e. The van der Waals surface area contributed by atoms with Crippen LogP contribution in [-0.4, -0.2) is 23.0 Å². The van der Waals surface area contributed by atoms with E-state index in [-0.39, 0.29) is 0 Å². The number of aromatic nitrogens is 2. The summed E-state index contributed by atoms with van der Waals surface area (Å²) in [6, 6.07) is 8.57. The number of carbonyl (C=O) groups is 1. The lowest BCUT2D eigenvalue weighted by atomic mass is 10.2. The van der Waals surface area contributed by atoms with Crippen molar-refractivity contribution in [2.45, 2.75) is 13.8 Å². The van der Waals surface area contributed by atoms with Gasteiger partial charge in [0.15, 0.2) is 0 Å². The zero-order chi connectivity index (χ0) is 13.8. The van der Waals surface area contributed by atoms with E-state index in [4.69, 9.17) is 9.47 Å². The summed E-state index contributed by atoms with van der Waals surface area (Å²) in [7, 11) is 1.33. The standard InChI is InChI=1S/C14H14N2O3/c1-9-8-13(16-10(2)15-9)19-12-7-5-4-6-11(12)14(17)18-3/h4-8H,1-3H3. The fraction of sp³-hybridized carbons (Fsp3) is 0.214. The molecule has 5 heteroatoms. The zero-order valence-electron chi connectivity index (χ0n) is 11.0. The SMILES string of the molecule is COC(=O)c1ccccc1Oc1cc(C)nc(C)n1. The van der Waals surface area contributed by atoms with E-state index in [1.807, 2.05) is 6.92 Å². The van der Waals surface area contributed by atoms with Gasteiger partial charge in [-0.15, -0.1) is 0 Å². The molecule has 0 saturated heterocycles. The molecular formula is C14H14N2O3. The van der Waals surface area contributed by atoms with Crippen LogP contribution in [0.25, 0.3) is 0 Å². The maximum absolute atomic E-state index is 11.6. The second kappa shape index (κ2) is 5.48. The molecule has 0 aliphatic rings. The van der Waals surface area contributed by atoms with Gasteiger partial charge in [-0.3, -0.25) is 0 Å². The van der Waals surface area contributed by atoms with E-state index in [0.717, 1.165) is 5.69 Å². The van der Waals surface area contributed by atoms with Crippen molar-refractivity contribution in [1.29, 1.82) is 0 Å². The molecule has 19 heavy (non-hydrogen) atoms.